The highest BCUT2D eigenvalue weighted by atomic mass is 32.3. The van der Waals surface area contributed by atoms with Crippen molar-refractivity contribution in [2.24, 2.45) is 0 Å². The molecule has 0 bridgehead atoms. The van der Waals surface area contributed by atoms with E-state index in [1.165, 1.54) is 19.6 Å². The van der Waals surface area contributed by atoms with Crippen LogP contribution < -0.4 is 4.90 Å². The molecule has 0 amide bonds. The van der Waals surface area contributed by atoms with Crippen LogP contribution in [0.4, 0.5) is 65.9 Å². The predicted molar refractivity (Wildman–Crippen MR) is 95.6 cm³/mol. The first-order valence-corrected chi connectivity index (χ1v) is 13.4. The van der Waals surface area contributed by atoms with E-state index >= 15 is 0 Å². The Morgan fingerprint density at radius 1 is 0.447 bits per heavy atom. The summed E-state index contributed by atoms with van der Waals surface area (Å²) in [4.78, 5) is 1.68. The van der Waals surface area contributed by atoms with Crippen molar-refractivity contribution in [3.05, 3.63) is 3.91 Å². The Kier molecular flexibility index (Phi) is 11.6. The Morgan fingerprint density at radius 2 is 0.605 bits per heavy atom. The van der Waals surface area contributed by atoms with Gasteiger partial charge >= 0.3 is 34.3 Å². The molecule has 0 atom stereocenters. The van der Waals surface area contributed by atoms with Gasteiger partial charge in [0.2, 0.25) is 0 Å². The van der Waals surface area contributed by atoms with Gasteiger partial charge in [0.05, 0.1) is 23.5 Å². The molecule has 0 heterocycles. The molecule has 1 N–H and O–H groups in total. The van der Waals surface area contributed by atoms with Gasteiger partial charge in [0.1, 0.15) is 29.5 Å². The average molecular weight is 663 g/mol. The summed E-state index contributed by atoms with van der Waals surface area (Å²) < 4.78 is 249. The molecule has 25 heteroatoms. The number of hydrogen-bond acceptors (Lipinski definition) is 6. The standard InChI is InChI=1S/C7F15O6S3.C6H15N/c8-2(9,10)5(17,18)29(23,24)1(30(25,26)6(19,20)3(11,12)13)31(27,28)7(21,22)4(14,15)16;1-4-7(5-2)6-3/h;4-6H2,1-3H3/q-1;/p+1. The first kappa shape index (κ1) is 38.9. The minimum atomic E-state index is -9.24. The van der Waals surface area contributed by atoms with Crippen molar-refractivity contribution < 1.29 is 96.0 Å². The first-order valence-electron chi connectivity index (χ1n) is 8.99. The van der Waals surface area contributed by atoms with E-state index < -0.39 is 67.7 Å². The smallest absolute Gasteiger partial charge is 0.336 e. The van der Waals surface area contributed by atoms with Crippen LogP contribution in [0.3, 0.4) is 0 Å². The molecule has 232 valence electrons. The maximum atomic E-state index is 13.1. The van der Waals surface area contributed by atoms with Gasteiger partial charge < -0.3 is 4.90 Å². The van der Waals surface area contributed by atoms with Crippen molar-refractivity contribution in [2.45, 2.75) is 55.1 Å². The quantitative estimate of drug-likeness (QED) is 0.301. The predicted octanol–water partition coefficient (Wildman–Crippen LogP) is 3.07. The topological polar surface area (TPSA) is 107 Å². The van der Waals surface area contributed by atoms with E-state index in [4.69, 9.17) is 0 Å². The third-order valence-corrected chi connectivity index (χ3v) is 12.1. The summed E-state index contributed by atoms with van der Waals surface area (Å²) in [7, 11) is -27.7. The number of halogens is 15. The minimum Gasteiger partial charge on any atom is -0.336 e. The van der Waals surface area contributed by atoms with Crippen LogP contribution in [-0.4, -0.2) is 79.2 Å². The fraction of sp³-hybridized carbons (Fsp3) is 0.923. The van der Waals surface area contributed by atoms with Crippen molar-refractivity contribution >= 4 is 29.5 Å². The van der Waals surface area contributed by atoms with Gasteiger partial charge in [-0.15, -0.1) is 0 Å². The van der Waals surface area contributed by atoms with Crippen LogP contribution in [0.15, 0.2) is 0 Å². The Morgan fingerprint density at radius 3 is 0.684 bits per heavy atom. The number of hydrogen-bond donors (Lipinski definition) is 1. The van der Waals surface area contributed by atoms with Crippen molar-refractivity contribution in [3.8, 4) is 0 Å². The van der Waals surface area contributed by atoms with Crippen LogP contribution in [0.5, 0.6) is 0 Å². The molecule has 0 aliphatic carbocycles. The number of quaternary nitrogens is 1. The van der Waals surface area contributed by atoms with E-state index in [-0.39, 0.29) is 0 Å². The molecule has 0 unspecified atom stereocenters. The van der Waals surface area contributed by atoms with Crippen molar-refractivity contribution in [3.63, 3.8) is 0 Å². The molecule has 0 aliphatic rings. The van der Waals surface area contributed by atoms with Crippen molar-refractivity contribution in [2.75, 3.05) is 19.6 Å². The molecule has 0 rings (SSSR count). The van der Waals surface area contributed by atoms with Gasteiger partial charge in [-0.1, -0.05) is 0 Å². The largest absolute Gasteiger partial charge is 0.466 e. The maximum Gasteiger partial charge on any atom is 0.466 e. The molecule has 0 aromatic rings. The SMILES string of the molecule is CC[NH+](CC)CC.O=S(=O)([C-](S(=O)(=O)C(F)(F)C(F)(F)F)S(=O)(=O)C(F)(F)C(F)(F)F)C(F)(F)C(F)(F)F. The second kappa shape index (κ2) is 11.3. The van der Waals surface area contributed by atoms with E-state index in [1.54, 1.807) is 4.90 Å². The molecular weight excluding hydrogens is 647 g/mol. The minimum absolute atomic E-state index is 1.27. The summed E-state index contributed by atoms with van der Waals surface area (Å²) in [6, 6.07) is 0. The Balaban J connectivity index is 0. The van der Waals surface area contributed by atoms with Crippen LogP contribution in [0.25, 0.3) is 0 Å². The Hall–Kier alpha value is -1.24. The molecule has 7 nitrogen and oxygen atoms in total. The lowest BCUT2D eigenvalue weighted by Crippen LogP contribution is -3.11. The molecule has 0 aliphatic heterocycles. The van der Waals surface area contributed by atoms with Crippen LogP contribution in [-0.2, 0) is 29.5 Å². The molecule has 0 aromatic heterocycles. The zero-order valence-corrected chi connectivity index (χ0v) is 20.9. The number of rotatable bonds is 9. The highest BCUT2D eigenvalue weighted by Crippen LogP contribution is 2.55. The molecule has 0 fully saturated rings. The lowest BCUT2D eigenvalue weighted by molar-refractivity contribution is -0.894. The zero-order chi connectivity index (χ0) is 31.8. The third kappa shape index (κ3) is 6.72. The van der Waals surface area contributed by atoms with E-state index in [9.17, 15) is 91.1 Å². The Labute approximate surface area is 204 Å². The van der Waals surface area contributed by atoms with E-state index in [0.717, 1.165) is 0 Å². The fourth-order valence-corrected chi connectivity index (χ4v) is 8.85. The summed E-state index contributed by atoms with van der Waals surface area (Å²) in [6.07, 6.45) is -23.4. The monoisotopic (exact) mass is 663 g/mol. The number of alkyl halides is 15. The highest BCUT2D eigenvalue weighted by Gasteiger charge is 2.77. The number of sulfone groups is 3. The van der Waals surface area contributed by atoms with E-state index in [0.29, 0.717) is 0 Å². The first-order chi connectivity index (χ1) is 16.2. The van der Waals surface area contributed by atoms with Crippen molar-refractivity contribution in [1.82, 2.24) is 0 Å². The molecule has 0 aromatic carbocycles. The zero-order valence-electron chi connectivity index (χ0n) is 18.5. The lowest BCUT2D eigenvalue weighted by atomic mass is 10.5. The van der Waals surface area contributed by atoms with Crippen LogP contribution >= 0.6 is 0 Å². The number of nitrogens with one attached hydrogen (secondary N) is 1. The van der Waals surface area contributed by atoms with E-state index in [1.807, 2.05) is 0 Å². The molecular formula is C13H16F15NO6S3. The van der Waals surface area contributed by atoms with Gasteiger partial charge in [0.15, 0.2) is 0 Å². The van der Waals surface area contributed by atoms with Gasteiger partial charge in [-0.2, -0.15) is 65.9 Å². The van der Waals surface area contributed by atoms with E-state index in [2.05, 4.69) is 20.8 Å². The maximum absolute atomic E-state index is 13.1. The summed E-state index contributed by atoms with van der Waals surface area (Å²) in [5.41, 5.74) is 0. The molecule has 0 saturated carbocycles. The molecule has 0 spiro atoms. The fourth-order valence-electron chi connectivity index (χ4n) is 1.95. The third-order valence-electron chi connectivity index (χ3n) is 4.16. The van der Waals surface area contributed by atoms with Gasteiger partial charge in [-0.3, -0.25) is 25.3 Å². The van der Waals surface area contributed by atoms with Crippen molar-refractivity contribution in [1.29, 1.82) is 0 Å². The molecule has 0 radical (unpaired) electrons. The van der Waals surface area contributed by atoms with Crippen LogP contribution in [0, 0.1) is 3.91 Å². The molecule has 38 heavy (non-hydrogen) atoms. The average Bonchev–Trinajstić information content (AvgIpc) is 2.66. The Bertz CT molecular complexity index is 980. The lowest BCUT2D eigenvalue weighted by Gasteiger charge is -2.38. The second-order valence-electron chi connectivity index (χ2n) is 6.61. The van der Waals surface area contributed by atoms with Gasteiger partial charge in [0, 0.05) is 0 Å². The van der Waals surface area contributed by atoms with Crippen LogP contribution in [0.1, 0.15) is 20.8 Å². The van der Waals surface area contributed by atoms with Gasteiger partial charge in [-0.05, 0) is 20.8 Å². The molecule has 0 saturated heterocycles. The van der Waals surface area contributed by atoms with Gasteiger partial charge in [-0.25, -0.2) is 0 Å². The normalized spacial score (nSPS) is 15.5. The summed E-state index contributed by atoms with van der Waals surface area (Å²) in [5.74, 6) is 0. The van der Waals surface area contributed by atoms with Crippen LogP contribution in [0.2, 0.25) is 0 Å². The summed E-state index contributed by atoms with van der Waals surface area (Å²) >= 11 is 0. The summed E-state index contributed by atoms with van der Waals surface area (Å²) in [5, 5.41) is -24.2. The van der Waals surface area contributed by atoms with Gasteiger partial charge in [0.25, 0.3) is 0 Å². The second-order valence-corrected chi connectivity index (χ2v) is 13.2. The highest BCUT2D eigenvalue weighted by molar-refractivity contribution is 8.29. The summed E-state index contributed by atoms with van der Waals surface area (Å²) in [6.45, 7) is 10.5.